The normalized spacial score (nSPS) is 17.7. The minimum atomic E-state index is -0.0312. The van der Waals surface area contributed by atoms with Gasteiger partial charge in [-0.1, -0.05) is 15.9 Å². The molecule has 1 aromatic rings. The van der Waals surface area contributed by atoms with E-state index in [9.17, 15) is 4.79 Å². The number of rotatable bonds is 5. The Morgan fingerprint density at radius 3 is 2.33 bits per heavy atom. The summed E-state index contributed by atoms with van der Waals surface area (Å²) in [7, 11) is 4.65. The summed E-state index contributed by atoms with van der Waals surface area (Å²) in [4.78, 5) is 14.5. The minimum Gasteiger partial charge on any atom is -0.496 e. The van der Waals surface area contributed by atoms with E-state index < -0.39 is 0 Å². The van der Waals surface area contributed by atoms with Crippen molar-refractivity contribution in [2.45, 2.75) is 6.42 Å². The number of hydrogen-bond acceptors (Lipinski definition) is 4. The molecule has 0 aliphatic carbocycles. The van der Waals surface area contributed by atoms with Gasteiger partial charge in [-0.2, -0.15) is 0 Å². The highest BCUT2D eigenvalue weighted by molar-refractivity contribution is 9.09. The molecular weight excluding hydrogens is 338 g/mol. The number of benzene rings is 1. The molecule has 1 heterocycles. The van der Waals surface area contributed by atoms with Crippen LogP contribution in [0.25, 0.3) is 0 Å². The van der Waals surface area contributed by atoms with E-state index in [1.54, 1.807) is 33.5 Å². The van der Waals surface area contributed by atoms with Crippen molar-refractivity contribution < 1.29 is 19.0 Å². The Bertz CT molecular complexity index is 521. The molecule has 1 amide bonds. The van der Waals surface area contributed by atoms with Crippen molar-refractivity contribution in [3.05, 3.63) is 17.7 Å². The summed E-state index contributed by atoms with van der Waals surface area (Å²) >= 11 is 3.48. The molecule has 1 aromatic carbocycles. The van der Waals surface area contributed by atoms with E-state index in [4.69, 9.17) is 14.2 Å². The summed E-state index contributed by atoms with van der Waals surface area (Å²) in [6.07, 6.45) is 1.02. The molecule has 6 heteroatoms. The maximum absolute atomic E-state index is 12.7. The van der Waals surface area contributed by atoms with Gasteiger partial charge < -0.3 is 19.1 Å². The van der Waals surface area contributed by atoms with Gasteiger partial charge in [0.25, 0.3) is 5.91 Å². The van der Waals surface area contributed by atoms with Crippen LogP contribution in [0.1, 0.15) is 16.8 Å². The maximum atomic E-state index is 12.7. The third-order valence-electron chi connectivity index (χ3n) is 3.73. The fraction of sp³-hybridized carbons (Fsp3) is 0.533. The second-order valence-electron chi connectivity index (χ2n) is 4.97. The van der Waals surface area contributed by atoms with Gasteiger partial charge in [0.2, 0.25) is 0 Å². The topological polar surface area (TPSA) is 48.0 Å². The predicted octanol–water partition coefficient (Wildman–Crippen LogP) is 2.57. The van der Waals surface area contributed by atoms with Crippen molar-refractivity contribution >= 4 is 21.8 Å². The summed E-state index contributed by atoms with van der Waals surface area (Å²) in [5, 5.41) is 0.917. The third-order valence-corrected chi connectivity index (χ3v) is 4.64. The van der Waals surface area contributed by atoms with E-state index in [-0.39, 0.29) is 5.91 Å². The molecule has 0 aromatic heterocycles. The number of halogens is 1. The first kappa shape index (κ1) is 15.9. The van der Waals surface area contributed by atoms with Gasteiger partial charge in [-0.15, -0.1) is 0 Å². The van der Waals surface area contributed by atoms with Crippen LogP contribution < -0.4 is 14.2 Å². The zero-order chi connectivity index (χ0) is 15.4. The standard InChI is InChI=1S/C15H20BrNO4/c1-19-12-7-14(21-3)13(20-2)6-11(12)15(18)17-5-4-10(8-16)9-17/h6-7,10H,4-5,8-9H2,1-3H3. The van der Waals surface area contributed by atoms with Gasteiger partial charge >= 0.3 is 0 Å². The van der Waals surface area contributed by atoms with Crippen LogP contribution in [0.5, 0.6) is 17.2 Å². The van der Waals surface area contributed by atoms with Crippen LogP contribution in [0.4, 0.5) is 0 Å². The van der Waals surface area contributed by atoms with Crippen LogP contribution in [-0.4, -0.2) is 50.6 Å². The Balaban J connectivity index is 2.31. The summed E-state index contributed by atoms with van der Waals surface area (Å²) in [5.41, 5.74) is 0.505. The lowest BCUT2D eigenvalue weighted by molar-refractivity contribution is 0.0784. The van der Waals surface area contributed by atoms with Gasteiger partial charge in [0, 0.05) is 30.6 Å². The SMILES string of the molecule is COc1cc(OC)c(C(=O)N2CCC(CBr)C2)cc1OC. The number of hydrogen-bond donors (Lipinski definition) is 0. The van der Waals surface area contributed by atoms with E-state index in [2.05, 4.69) is 15.9 Å². The zero-order valence-corrected chi connectivity index (χ0v) is 14.1. The average Bonchev–Trinajstić information content (AvgIpc) is 3.01. The Morgan fingerprint density at radius 2 is 1.81 bits per heavy atom. The summed E-state index contributed by atoms with van der Waals surface area (Å²) < 4.78 is 15.8. The van der Waals surface area contributed by atoms with Crippen molar-refractivity contribution in [3.63, 3.8) is 0 Å². The van der Waals surface area contributed by atoms with Crippen molar-refractivity contribution in [2.75, 3.05) is 39.7 Å². The Labute approximate surface area is 133 Å². The van der Waals surface area contributed by atoms with Gasteiger partial charge in [-0.25, -0.2) is 0 Å². The molecule has 0 radical (unpaired) electrons. The molecule has 0 N–H and O–H groups in total. The van der Waals surface area contributed by atoms with Gasteiger partial charge in [0.1, 0.15) is 5.75 Å². The molecule has 116 valence electrons. The number of ether oxygens (including phenoxy) is 3. The second kappa shape index (κ2) is 7.02. The monoisotopic (exact) mass is 357 g/mol. The van der Waals surface area contributed by atoms with Gasteiger partial charge in [0.05, 0.1) is 26.9 Å². The van der Waals surface area contributed by atoms with E-state index in [0.717, 1.165) is 24.8 Å². The fourth-order valence-corrected chi connectivity index (χ4v) is 3.04. The number of likely N-dealkylation sites (tertiary alicyclic amines) is 1. The molecule has 1 atom stereocenters. The van der Waals surface area contributed by atoms with Crippen LogP contribution in [0.15, 0.2) is 12.1 Å². The zero-order valence-electron chi connectivity index (χ0n) is 12.5. The van der Waals surface area contributed by atoms with Crippen molar-refractivity contribution in [3.8, 4) is 17.2 Å². The highest BCUT2D eigenvalue weighted by atomic mass is 79.9. The van der Waals surface area contributed by atoms with Crippen LogP contribution in [0.3, 0.4) is 0 Å². The number of methoxy groups -OCH3 is 3. The Hall–Kier alpha value is -1.43. The first-order chi connectivity index (χ1) is 10.1. The van der Waals surface area contributed by atoms with Gasteiger partial charge in [-0.3, -0.25) is 4.79 Å². The third kappa shape index (κ3) is 3.26. The summed E-state index contributed by atoms with van der Waals surface area (Å²) in [5.74, 6) is 2.06. The predicted molar refractivity (Wildman–Crippen MR) is 83.9 cm³/mol. The molecule has 0 spiro atoms. The molecular formula is C15H20BrNO4. The lowest BCUT2D eigenvalue weighted by Crippen LogP contribution is -2.29. The molecule has 1 fully saturated rings. The molecule has 1 aliphatic heterocycles. The van der Waals surface area contributed by atoms with Gasteiger partial charge in [0.15, 0.2) is 11.5 Å². The lowest BCUT2D eigenvalue weighted by Gasteiger charge is -2.19. The average molecular weight is 358 g/mol. The molecule has 1 saturated heterocycles. The molecule has 5 nitrogen and oxygen atoms in total. The highest BCUT2D eigenvalue weighted by Crippen LogP contribution is 2.35. The number of amides is 1. The number of carbonyl (C=O) groups is 1. The molecule has 2 rings (SSSR count). The van der Waals surface area contributed by atoms with E-state index in [1.807, 2.05) is 4.90 Å². The molecule has 21 heavy (non-hydrogen) atoms. The van der Waals surface area contributed by atoms with Gasteiger partial charge in [-0.05, 0) is 12.3 Å². The molecule has 0 bridgehead atoms. The lowest BCUT2D eigenvalue weighted by atomic mass is 10.1. The maximum Gasteiger partial charge on any atom is 0.257 e. The van der Waals surface area contributed by atoms with Crippen molar-refractivity contribution in [1.29, 1.82) is 0 Å². The number of alkyl halides is 1. The summed E-state index contributed by atoms with van der Waals surface area (Å²) in [6.45, 7) is 1.54. The fourth-order valence-electron chi connectivity index (χ4n) is 2.51. The van der Waals surface area contributed by atoms with E-state index in [1.165, 1.54) is 0 Å². The van der Waals surface area contributed by atoms with E-state index >= 15 is 0 Å². The number of nitrogens with zero attached hydrogens (tertiary/aromatic N) is 1. The van der Waals surface area contributed by atoms with E-state index in [0.29, 0.717) is 28.7 Å². The Kier molecular flexibility index (Phi) is 5.33. The van der Waals surface area contributed by atoms with Crippen LogP contribution >= 0.6 is 15.9 Å². The second-order valence-corrected chi connectivity index (χ2v) is 5.62. The quantitative estimate of drug-likeness (QED) is 0.760. The van der Waals surface area contributed by atoms with Crippen LogP contribution in [-0.2, 0) is 0 Å². The minimum absolute atomic E-state index is 0.0312. The Morgan fingerprint density at radius 1 is 1.19 bits per heavy atom. The van der Waals surface area contributed by atoms with Crippen LogP contribution in [0.2, 0.25) is 0 Å². The first-order valence-corrected chi connectivity index (χ1v) is 7.92. The molecule has 1 unspecified atom stereocenters. The van der Waals surface area contributed by atoms with Crippen molar-refractivity contribution in [2.24, 2.45) is 5.92 Å². The molecule has 1 aliphatic rings. The molecule has 0 saturated carbocycles. The number of carbonyl (C=O) groups excluding carboxylic acids is 1. The smallest absolute Gasteiger partial charge is 0.257 e. The largest absolute Gasteiger partial charge is 0.496 e. The van der Waals surface area contributed by atoms with Crippen molar-refractivity contribution in [1.82, 2.24) is 4.90 Å². The first-order valence-electron chi connectivity index (χ1n) is 6.79. The summed E-state index contributed by atoms with van der Waals surface area (Å²) in [6, 6.07) is 3.37. The van der Waals surface area contributed by atoms with Crippen LogP contribution in [0, 0.1) is 5.92 Å². The highest BCUT2D eigenvalue weighted by Gasteiger charge is 2.28.